The molecule has 1 amide bonds. The Hall–Kier alpha value is -3.97. The first-order chi connectivity index (χ1) is 17.9. The van der Waals surface area contributed by atoms with Crippen LogP contribution in [0, 0.1) is 16.0 Å². The molecule has 1 aliphatic rings. The van der Waals surface area contributed by atoms with Gasteiger partial charge in [0, 0.05) is 47.6 Å². The van der Waals surface area contributed by atoms with Gasteiger partial charge in [0.05, 0.1) is 10.4 Å². The normalized spacial score (nSPS) is 14.8. The number of anilines is 1. The maximum absolute atomic E-state index is 12.1. The fourth-order valence-corrected chi connectivity index (χ4v) is 5.15. The number of nitrogens with zero attached hydrogens (tertiary/aromatic N) is 3. The lowest BCUT2D eigenvalue weighted by Gasteiger charge is -2.32. The molecule has 0 saturated carbocycles. The Balaban J connectivity index is 1.28. The van der Waals surface area contributed by atoms with Crippen LogP contribution in [0.2, 0.25) is 0 Å². The molecule has 1 aliphatic heterocycles. The smallest absolute Gasteiger partial charge is 0.269 e. The number of rotatable bonds is 7. The summed E-state index contributed by atoms with van der Waals surface area (Å²) in [7, 11) is 0. The van der Waals surface area contributed by atoms with Gasteiger partial charge < -0.3 is 9.88 Å². The molecule has 7 nitrogen and oxygen atoms in total. The molecule has 2 heterocycles. The maximum Gasteiger partial charge on any atom is 0.269 e. The number of carbonyl (C=O) groups excluding carboxylic acids is 1. The number of likely N-dealkylation sites (tertiary alicyclic amines) is 1. The summed E-state index contributed by atoms with van der Waals surface area (Å²) in [5.74, 6) is 0.478. The van der Waals surface area contributed by atoms with Crippen molar-refractivity contribution in [1.29, 1.82) is 0 Å². The summed E-state index contributed by atoms with van der Waals surface area (Å²) in [6.45, 7) is 6.67. The molecule has 0 aliphatic carbocycles. The van der Waals surface area contributed by atoms with Gasteiger partial charge in [-0.3, -0.25) is 19.8 Å². The van der Waals surface area contributed by atoms with Crippen molar-refractivity contribution in [2.24, 2.45) is 5.92 Å². The molecule has 7 heteroatoms. The quantitative estimate of drug-likeness (QED) is 0.234. The van der Waals surface area contributed by atoms with E-state index in [4.69, 9.17) is 0 Å². The summed E-state index contributed by atoms with van der Waals surface area (Å²) in [6.07, 6.45) is 4.31. The van der Waals surface area contributed by atoms with Crippen molar-refractivity contribution in [3.05, 3.63) is 100 Å². The Bertz CT molecular complexity index is 1420. The molecule has 4 aromatic rings. The van der Waals surface area contributed by atoms with Gasteiger partial charge in [-0.1, -0.05) is 44.2 Å². The van der Waals surface area contributed by atoms with Gasteiger partial charge in [-0.2, -0.15) is 0 Å². The Morgan fingerprint density at radius 1 is 1.03 bits per heavy atom. The number of hydrogen-bond donors (Lipinski definition) is 1. The summed E-state index contributed by atoms with van der Waals surface area (Å²) in [5, 5.41) is 15.3. The zero-order chi connectivity index (χ0) is 25.9. The summed E-state index contributed by atoms with van der Waals surface area (Å²) >= 11 is 0. The molecule has 0 spiro atoms. The highest BCUT2D eigenvalue weighted by Crippen LogP contribution is 2.32. The Morgan fingerprint density at radius 2 is 1.76 bits per heavy atom. The molecule has 0 radical (unpaired) electrons. The Morgan fingerprint density at radius 3 is 2.46 bits per heavy atom. The number of non-ortho nitro benzene ring substituents is 1. The lowest BCUT2D eigenvalue weighted by atomic mass is 9.89. The standard InChI is InChI=1S/C30H32N4O3/c1-21(2)30(35)31-25-7-5-6-23(18-25)22-14-16-32(17-15-22)19-24-20-33(29-9-4-3-8-28(24)29)26-10-12-27(13-11-26)34(36)37/h3-13,18,20-22H,14-17,19H2,1-2H3,(H,31,35). The number of amides is 1. The number of para-hydroxylation sites is 1. The second-order valence-electron chi connectivity index (χ2n) is 10.1. The Labute approximate surface area is 216 Å². The van der Waals surface area contributed by atoms with Gasteiger partial charge >= 0.3 is 0 Å². The highest BCUT2D eigenvalue weighted by atomic mass is 16.6. The average Bonchev–Trinajstić information content (AvgIpc) is 3.27. The van der Waals surface area contributed by atoms with E-state index in [1.165, 1.54) is 16.5 Å². The molecule has 190 valence electrons. The largest absolute Gasteiger partial charge is 0.326 e. The topological polar surface area (TPSA) is 80.4 Å². The van der Waals surface area contributed by atoms with Crippen LogP contribution in [-0.2, 0) is 11.3 Å². The fraction of sp³-hybridized carbons (Fsp3) is 0.300. The van der Waals surface area contributed by atoms with Crippen LogP contribution in [0.3, 0.4) is 0 Å². The van der Waals surface area contributed by atoms with Gasteiger partial charge in [0.1, 0.15) is 0 Å². The number of carbonyl (C=O) groups is 1. The first-order valence-corrected chi connectivity index (χ1v) is 12.9. The van der Waals surface area contributed by atoms with Gasteiger partial charge in [0.15, 0.2) is 0 Å². The van der Waals surface area contributed by atoms with E-state index in [0.717, 1.165) is 49.4 Å². The van der Waals surface area contributed by atoms with Crippen LogP contribution in [0.15, 0.2) is 79.0 Å². The number of nitro groups is 1. The molecule has 3 aromatic carbocycles. The van der Waals surface area contributed by atoms with E-state index in [9.17, 15) is 14.9 Å². The van der Waals surface area contributed by atoms with E-state index >= 15 is 0 Å². The SMILES string of the molecule is CC(C)C(=O)Nc1cccc(C2CCN(Cc3cn(-c4ccc([N+](=O)[O-])cc4)c4ccccc34)CC2)c1. The number of benzene rings is 3. The molecule has 0 atom stereocenters. The zero-order valence-electron chi connectivity index (χ0n) is 21.3. The second-order valence-corrected chi connectivity index (χ2v) is 10.1. The molecular formula is C30H32N4O3. The van der Waals surface area contributed by atoms with E-state index in [1.807, 2.05) is 32.0 Å². The zero-order valence-corrected chi connectivity index (χ0v) is 21.3. The predicted molar refractivity (Wildman–Crippen MR) is 147 cm³/mol. The lowest BCUT2D eigenvalue weighted by Crippen LogP contribution is -2.32. The number of hydrogen-bond acceptors (Lipinski definition) is 4. The maximum atomic E-state index is 12.1. The number of nitro benzene ring substituents is 1. The van der Waals surface area contributed by atoms with Crippen LogP contribution < -0.4 is 5.32 Å². The summed E-state index contributed by atoms with van der Waals surface area (Å²) in [4.78, 5) is 25.3. The van der Waals surface area contributed by atoms with Gasteiger partial charge in [0.25, 0.3) is 5.69 Å². The number of aromatic nitrogens is 1. The third kappa shape index (κ3) is 5.42. The van der Waals surface area contributed by atoms with Crippen LogP contribution in [0.5, 0.6) is 0 Å². The average molecular weight is 497 g/mol. The van der Waals surface area contributed by atoms with E-state index in [0.29, 0.717) is 5.92 Å². The predicted octanol–water partition coefficient (Wildman–Crippen LogP) is 6.51. The minimum atomic E-state index is -0.370. The van der Waals surface area contributed by atoms with Crippen LogP contribution in [0.1, 0.15) is 43.7 Å². The van der Waals surface area contributed by atoms with Crippen molar-refractivity contribution in [1.82, 2.24) is 9.47 Å². The first kappa shape index (κ1) is 24.7. The minimum absolute atomic E-state index is 0.0415. The number of piperidine rings is 1. The highest BCUT2D eigenvalue weighted by Gasteiger charge is 2.22. The molecule has 0 bridgehead atoms. The van der Waals surface area contributed by atoms with E-state index in [1.54, 1.807) is 24.3 Å². The van der Waals surface area contributed by atoms with Crippen molar-refractivity contribution in [3.8, 4) is 5.69 Å². The third-order valence-electron chi connectivity index (χ3n) is 7.26. The van der Waals surface area contributed by atoms with Crippen molar-refractivity contribution in [2.75, 3.05) is 18.4 Å². The Kier molecular flexibility index (Phi) is 7.06. The van der Waals surface area contributed by atoms with Crippen LogP contribution in [0.25, 0.3) is 16.6 Å². The van der Waals surface area contributed by atoms with E-state index < -0.39 is 0 Å². The molecule has 1 aromatic heterocycles. The highest BCUT2D eigenvalue weighted by molar-refractivity contribution is 5.92. The second kappa shape index (κ2) is 10.6. The monoisotopic (exact) mass is 496 g/mol. The van der Waals surface area contributed by atoms with Gasteiger partial charge in [-0.25, -0.2) is 0 Å². The first-order valence-electron chi connectivity index (χ1n) is 12.9. The number of fused-ring (bicyclic) bond motifs is 1. The van der Waals surface area contributed by atoms with Gasteiger partial charge in [0.2, 0.25) is 5.91 Å². The van der Waals surface area contributed by atoms with E-state index in [2.05, 4.69) is 51.3 Å². The molecule has 1 fully saturated rings. The van der Waals surface area contributed by atoms with Crippen LogP contribution in [-0.4, -0.2) is 33.4 Å². The van der Waals surface area contributed by atoms with E-state index in [-0.39, 0.29) is 22.4 Å². The molecule has 0 unspecified atom stereocenters. The molecular weight excluding hydrogens is 464 g/mol. The molecule has 1 N–H and O–H groups in total. The van der Waals surface area contributed by atoms with Crippen LogP contribution >= 0.6 is 0 Å². The minimum Gasteiger partial charge on any atom is -0.326 e. The summed E-state index contributed by atoms with van der Waals surface area (Å²) in [6, 6.07) is 23.3. The van der Waals surface area contributed by atoms with Crippen LogP contribution in [0.4, 0.5) is 11.4 Å². The van der Waals surface area contributed by atoms with Crippen molar-refractivity contribution >= 4 is 28.2 Å². The number of nitrogens with one attached hydrogen (secondary N) is 1. The summed E-state index contributed by atoms with van der Waals surface area (Å²) in [5.41, 5.74) is 5.52. The lowest BCUT2D eigenvalue weighted by molar-refractivity contribution is -0.384. The third-order valence-corrected chi connectivity index (χ3v) is 7.26. The summed E-state index contributed by atoms with van der Waals surface area (Å²) < 4.78 is 2.12. The van der Waals surface area contributed by atoms with Crippen molar-refractivity contribution in [2.45, 2.75) is 39.2 Å². The van der Waals surface area contributed by atoms with Crippen molar-refractivity contribution < 1.29 is 9.72 Å². The van der Waals surface area contributed by atoms with Gasteiger partial charge in [-0.05, 0) is 73.3 Å². The molecule has 1 saturated heterocycles. The van der Waals surface area contributed by atoms with Gasteiger partial charge in [-0.15, -0.1) is 0 Å². The fourth-order valence-electron chi connectivity index (χ4n) is 5.15. The molecule has 5 rings (SSSR count). The molecule has 37 heavy (non-hydrogen) atoms. The van der Waals surface area contributed by atoms with Crippen molar-refractivity contribution in [3.63, 3.8) is 0 Å².